The van der Waals surface area contributed by atoms with Crippen molar-refractivity contribution in [3.05, 3.63) is 24.3 Å². The minimum atomic E-state index is -4.64. The van der Waals surface area contributed by atoms with Crippen molar-refractivity contribution in [1.29, 1.82) is 0 Å². The molecule has 138 valence electrons. The zero-order valence-corrected chi connectivity index (χ0v) is 15.1. The number of ether oxygens (including phenoxy) is 2. The van der Waals surface area contributed by atoms with Gasteiger partial charge in [-0.05, 0) is 18.6 Å². The molecular formula is C15H27N2O6P. The van der Waals surface area contributed by atoms with E-state index >= 15 is 0 Å². The number of hydrogen-bond acceptors (Lipinski definition) is 5. The van der Waals surface area contributed by atoms with E-state index in [4.69, 9.17) is 28.7 Å². The molecular weight excluding hydrogens is 335 g/mol. The predicted molar refractivity (Wildman–Crippen MR) is 92.4 cm³/mol. The lowest BCUT2D eigenvalue weighted by molar-refractivity contribution is 0.169. The summed E-state index contributed by atoms with van der Waals surface area (Å²) in [5, 5.41) is 0. The number of hydrogen-bond donors (Lipinski definition) is 3. The van der Waals surface area contributed by atoms with Crippen molar-refractivity contribution in [2.24, 2.45) is 0 Å². The Bertz CT molecular complexity index is 508. The van der Waals surface area contributed by atoms with Gasteiger partial charge < -0.3 is 29.1 Å². The van der Waals surface area contributed by atoms with E-state index in [0.29, 0.717) is 0 Å². The topological polar surface area (TPSA) is 103 Å². The summed E-state index contributed by atoms with van der Waals surface area (Å²) >= 11 is 0. The van der Waals surface area contributed by atoms with Crippen LogP contribution in [-0.4, -0.2) is 73.1 Å². The van der Waals surface area contributed by atoms with Crippen LogP contribution in [0.4, 0.5) is 5.69 Å². The van der Waals surface area contributed by atoms with Crippen molar-refractivity contribution in [3.8, 4) is 5.75 Å². The molecule has 0 spiro atoms. The van der Waals surface area contributed by atoms with Crippen LogP contribution in [-0.2, 0) is 9.30 Å². The van der Waals surface area contributed by atoms with Crippen LogP contribution in [0.5, 0.6) is 5.75 Å². The Morgan fingerprint density at radius 1 is 1.08 bits per heavy atom. The van der Waals surface area contributed by atoms with Crippen LogP contribution in [0.2, 0.25) is 0 Å². The molecule has 0 saturated carbocycles. The summed E-state index contributed by atoms with van der Waals surface area (Å²) in [6.07, 6.45) is 1.12. The summed E-state index contributed by atoms with van der Waals surface area (Å²) in [5.74, 6) is 0.968. The van der Waals surface area contributed by atoms with Gasteiger partial charge >= 0.3 is 7.82 Å². The average Bonchev–Trinajstić information content (AvgIpc) is 2.54. The van der Waals surface area contributed by atoms with Gasteiger partial charge in [0, 0.05) is 46.4 Å². The molecule has 1 heterocycles. The van der Waals surface area contributed by atoms with Gasteiger partial charge in [-0.1, -0.05) is 12.1 Å². The van der Waals surface area contributed by atoms with Crippen molar-refractivity contribution in [3.63, 3.8) is 0 Å². The summed E-state index contributed by atoms with van der Waals surface area (Å²) in [5.41, 5.74) is 1.21. The van der Waals surface area contributed by atoms with Crippen LogP contribution < -0.4 is 9.64 Å². The molecule has 0 aromatic heterocycles. The maximum atomic E-state index is 8.88. The lowest BCUT2D eigenvalue weighted by Crippen LogP contribution is -2.46. The molecule has 0 amide bonds. The van der Waals surface area contributed by atoms with Gasteiger partial charge in [0.1, 0.15) is 5.75 Å². The standard InChI is InChI=1S/C15H24N2O2.H3O4P/c1-18-13-5-8-16-9-11-17(12-10-16)14-6-3-4-7-15(14)19-2;1-5(2,3)4/h3-4,6-7H,5,8-13H2,1-2H3;(H3,1,2,3,4). The maximum absolute atomic E-state index is 8.88. The molecule has 0 atom stereocenters. The second kappa shape index (κ2) is 10.7. The van der Waals surface area contributed by atoms with E-state index in [1.807, 2.05) is 12.1 Å². The van der Waals surface area contributed by atoms with Crippen LogP contribution in [0.15, 0.2) is 24.3 Å². The molecule has 9 heteroatoms. The lowest BCUT2D eigenvalue weighted by atomic mass is 10.2. The van der Waals surface area contributed by atoms with Gasteiger partial charge in [0.25, 0.3) is 0 Å². The Labute approximate surface area is 142 Å². The average molecular weight is 362 g/mol. The Kier molecular flexibility index (Phi) is 9.28. The highest BCUT2D eigenvalue weighted by molar-refractivity contribution is 7.45. The molecule has 1 saturated heterocycles. The van der Waals surface area contributed by atoms with E-state index in [2.05, 4.69) is 21.9 Å². The van der Waals surface area contributed by atoms with E-state index < -0.39 is 7.82 Å². The molecule has 8 nitrogen and oxygen atoms in total. The molecule has 1 aromatic carbocycles. The fourth-order valence-corrected chi connectivity index (χ4v) is 2.54. The van der Waals surface area contributed by atoms with Gasteiger partial charge in [-0.25, -0.2) is 4.57 Å². The third-order valence-electron chi connectivity index (χ3n) is 3.62. The Balaban J connectivity index is 0.000000505. The number of phosphoric acid groups is 1. The van der Waals surface area contributed by atoms with Gasteiger partial charge in [-0.2, -0.15) is 0 Å². The van der Waals surface area contributed by atoms with Gasteiger partial charge in [-0.3, -0.25) is 4.90 Å². The predicted octanol–water partition coefficient (Wildman–Crippen LogP) is 0.925. The fourth-order valence-electron chi connectivity index (χ4n) is 2.54. The SMILES string of the molecule is COCCCN1CCN(c2ccccc2OC)CC1.O=P(O)(O)O. The molecule has 1 fully saturated rings. The summed E-state index contributed by atoms with van der Waals surface area (Å²) in [4.78, 5) is 26.5. The first-order valence-electron chi connectivity index (χ1n) is 7.72. The molecule has 1 aliphatic rings. The van der Waals surface area contributed by atoms with Crippen molar-refractivity contribution < 1.29 is 28.7 Å². The highest BCUT2D eigenvalue weighted by Crippen LogP contribution is 2.28. The lowest BCUT2D eigenvalue weighted by Gasteiger charge is -2.36. The van der Waals surface area contributed by atoms with Gasteiger partial charge in [0.15, 0.2) is 0 Å². The third-order valence-corrected chi connectivity index (χ3v) is 3.62. The number of piperazine rings is 1. The van der Waals surface area contributed by atoms with Crippen molar-refractivity contribution in [2.45, 2.75) is 6.42 Å². The van der Waals surface area contributed by atoms with E-state index in [-0.39, 0.29) is 0 Å². The summed E-state index contributed by atoms with van der Waals surface area (Å²) < 4.78 is 19.4. The number of para-hydroxylation sites is 2. The van der Waals surface area contributed by atoms with E-state index in [9.17, 15) is 0 Å². The van der Waals surface area contributed by atoms with Gasteiger partial charge in [0.05, 0.1) is 12.8 Å². The highest BCUT2D eigenvalue weighted by atomic mass is 31.2. The Hall–Kier alpha value is -1.15. The van der Waals surface area contributed by atoms with Gasteiger partial charge in [-0.15, -0.1) is 0 Å². The number of nitrogens with zero attached hydrogens (tertiary/aromatic N) is 2. The largest absolute Gasteiger partial charge is 0.495 e. The number of benzene rings is 1. The zero-order chi connectivity index (χ0) is 18.0. The van der Waals surface area contributed by atoms with Crippen molar-refractivity contribution >= 4 is 13.5 Å². The van der Waals surface area contributed by atoms with Crippen LogP contribution >= 0.6 is 7.82 Å². The van der Waals surface area contributed by atoms with E-state index in [1.54, 1.807) is 14.2 Å². The number of methoxy groups -OCH3 is 2. The number of rotatable bonds is 6. The minimum absolute atomic E-state index is 0.854. The molecule has 24 heavy (non-hydrogen) atoms. The van der Waals surface area contributed by atoms with Crippen LogP contribution in [0.3, 0.4) is 0 Å². The van der Waals surface area contributed by atoms with E-state index in [0.717, 1.165) is 51.5 Å². The number of anilines is 1. The molecule has 0 aliphatic carbocycles. The van der Waals surface area contributed by atoms with Crippen molar-refractivity contribution in [2.75, 3.05) is 58.5 Å². The molecule has 1 aliphatic heterocycles. The highest BCUT2D eigenvalue weighted by Gasteiger charge is 2.18. The smallest absolute Gasteiger partial charge is 0.466 e. The van der Waals surface area contributed by atoms with Crippen LogP contribution in [0.1, 0.15) is 6.42 Å². The summed E-state index contributed by atoms with van der Waals surface area (Å²) in [7, 11) is -1.14. The molecule has 1 aromatic rings. The molecule has 0 unspecified atom stereocenters. The van der Waals surface area contributed by atoms with Crippen LogP contribution in [0, 0.1) is 0 Å². The van der Waals surface area contributed by atoms with E-state index in [1.165, 1.54) is 5.69 Å². The minimum Gasteiger partial charge on any atom is -0.495 e. The first kappa shape index (κ1) is 20.9. The summed E-state index contributed by atoms with van der Waals surface area (Å²) in [6.45, 7) is 6.34. The monoisotopic (exact) mass is 362 g/mol. The molecule has 3 N–H and O–H groups in total. The van der Waals surface area contributed by atoms with Crippen LogP contribution in [0.25, 0.3) is 0 Å². The maximum Gasteiger partial charge on any atom is 0.466 e. The van der Waals surface area contributed by atoms with Crippen molar-refractivity contribution in [1.82, 2.24) is 4.90 Å². The second-order valence-electron chi connectivity index (χ2n) is 5.36. The zero-order valence-electron chi connectivity index (χ0n) is 14.2. The normalized spacial score (nSPS) is 15.6. The Morgan fingerprint density at radius 3 is 2.21 bits per heavy atom. The first-order valence-corrected chi connectivity index (χ1v) is 9.29. The quantitative estimate of drug-likeness (QED) is 0.507. The molecule has 2 rings (SSSR count). The third kappa shape index (κ3) is 8.63. The second-order valence-corrected chi connectivity index (χ2v) is 6.39. The fraction of sp³-hybridized carbons (Fsp3) is 0.600. The van der Waals surface area contributed by atoms with Gasteiger partial charge in [0.2, 0.25) is 0 Å². The Morgan fingerprint density at radius 2 is 1.67 bits per heavy atom. The molecule has 0 radical (unpaired) electrons. The first-order chi connectivity index (χ1) is 11.3. The summed E-state index contributed by atoms with van der Waals surface area (Å²) in [6, 6.07) is 8.26. The molecule has 0 bridgehead atoms.